The van der Waals surface area contributed by atoms with Gasteiger partial charge in [0, 0.05) is 20.1 Å². The number of likely N-dealkylation sites (tertiary alicyclic amines) is 1. The standard InChI is InChI=1S/C17H21FN2O3/c1-19-14(21)11-23-16(17(22)20-8-3-2-4-9-20)15(19)12-6-5-7-13(18)10-12/h5-7,10,15-16H,2-4,8-9,11H2,1H3/t15-,16-/m0/s1. The van der Waals surface area contributed by atoms with Gasteiger partial charge in [-0.2, -0.15) is 0 Å². The van der Waals surface area contributed by atoms with Crippen LogP contribution in [-0.2, 0) is 14.3 Å². The largest absolute Gasteiger partial charge is 0.356 e. The maximum atomic E-state index is 13.6. The van der Waals surface area contributed by atoms with Crippen LogP contribution in [0.5, 0.6) is 0 Å². The molecule has 0 N–H and O–H groups in total. The van der Waals surface area contributed by atoms with Gasteiger partial charge in [-0.25, -0.2) is 4.39 Å². The van der Waals surface area contributed by atoms with Crippen molar-refractivity contribution in [2.24, 2.45) is 0 Å². The zero-order valence-electron chi connectivity index (χ0n) is 13.2. The number of hydrogen-bond donors (Lipinski definition) is 0. The summed E-state index contributed by atoms with van der Waals surface area (Å²) in [5.41, 5.74) is 0.580. The van der Waals surface area contributed by atoms with Crippen LogP contribution in [0, 0.1) is 5.82 Å². The van der Waals surface area contributed by atoms with Crippen molar-refractivity contribution < 1.29 is 18.7 Å². The van der Waals surface area contributed by atoms with Gasteiger partial charge in [0.15, 0.2) is 6.10 Å². The lowest BCUT2D eigenvalue weighted by Gasteiger charge is -2.41. The fourth-order valence-corrected chi connectivity index (χ4v) is 3.30. The number of rotatable bonds is 2. The second kappa shape index (κ2) is 6.66. The third kappa shape index (κ3) is 3.22. The van der Waals surface area contributed by atoms with Crippen LogP contribution < -0.4 is 0 Å². The maximum absolute atomic E-state index is 13.6. The minimum Gasteiger partial charge on any atom is -0.356 e. The fourth-order valence-electron chi connectivity index (χ4n) is 3.30. The van der Waals surface area contributed by atoms with Crippen molar-refractivity contribution in [1.82, 2.24) is 9.80 Å². The number of benzene rings is 1. The molecule has 0 aliphatic carbocycles. The van der Waals surface area contributed by atoms with Gasteiger partial charge in [-0.3, -0.25) is 9.59 Å². The van der Waals surface area contributed by atoms with Crippen LogP contribution in [0.15, 0.2) is 24.3 Å². The lowest BCUT2D eigenvalue weighted by atomic mass is 9.96. The summed E-state index contributed by atoms with van der Waals surface area (Å²) in [6.07, 6.45) is 2.31. The van der Waals surface area contributed by atoms with Crippen LogP contribution in [0.2, 0.25) is 0 Å². The zero-order valence-corrected chi connectivity index (χ0v) is 13.2. The third-order valence-electron chi connectivity index (χ3n) is 4.59. The van der Waals surface area contributed by atoms with Gasteiger partial charge in [0.25, 0.3) is 5.91 Å². The number of carbonyl (C=O) groups is 2. The summed E-state index contributed by atoms with van der Waals surface area (Å²) in [6, 6.07) is 5.42. The Hall–Kier alpha value is -1.95. The molecule has 2 fully saturated rings. The molecule has 2 heterocycles. The molecule has 2 saturated heterocycles. The van der Waals surface area contributed by atoms with Crippen molar-refractivity contribution in [3.63, 3.8) is 0 Å². The van der Waals surface area contributed by atoms with Crippen LogP contribution in [-0.4, -0.2) is 54.5 Å². The summed E-state index contributed by atoms with van der Waals surface area (Å²) in [6.45, 7) is 1.31. The molecule has 23 heavy (non-hydrogen) atoms. The van der Waals surface area contributed by atoms with E-state index in [9.17, 15) is 14.0 Å². The first kappa shape index (κ1) is 15.9. The van der Waals surface area contributed by atoms with Gasteiger partial charge in [0.2, 0.25) is 5.91 Å². The lowest BCUT2D eigenvalue weighted by Crippen LogP contribution is -2.54. The number of likely N-dealkylation sites (N-methyl/N-ethyl adjacent to an activating group) is 1. The van der Waals surface area contributed by atoms with Gasteiger partial charge in [-0.15, -0.1) is 0 Å². The van der Waals surface area contributed by atoms with Crippen LogP contribution in [0.1, 0.15) is 30.9 Å². The average molecular weight is 320 g/mol. The van der Waals surface area contributed by atoms with Crippen molar-refractivity contribution in [1.29, 1.82) is 0 Å². The van der Waals surface area contributed by atoms with Gasteiger partial charge in [0.05, 0.1) is 6.04 Å². The summed E-state index contributed by atoms with van der Waals surface area (Å²) in [5.74, 6) is -0.710. The van der Waals surface area contributed by atoms with Crippen molar-refractivity contribution in [2.45, 2.75) is 31.4 Å². The summed E-state index contributed by atoms with van der Waals surface area (Å²) >= 11 is 0. The van der Waals surface area contributed by atoms with Gasteiger partial charge >= 0.3 is 0 Å². The first-order valence-electron chi connectivity index (χ1n) is 7.99. The molecule has 0 unspecified atom stereocenters. The number of carbonyl (C=O) groups excluding carboxylic acids is 2. The van der Waals surface area contributed by atoms with Crippen LogP contribution in [0.4, 0.5) is 4.39 Å². The summed E-state index contributed by atoms with van der Waals surface area (Å²) < 4.78 is 19.2. The molecule has 0 radical (unpaired) electrons. The van der Waals surface area contributed by atoms with Crippen molar-refractivity contribution >= 4 is 11.8 Å². The molecule has 2 aliphatic rings. The van der Waals surface area contributed by atoms with Gasteiger partial charge in [-0.05, 0) is 37.0 Å². The quantitative estimate of drug-likeness (QED) is 0.834. The fraction of sp³-hybridized carbons (Fsp3) is 0.529. The Balaban J connectivity index is 1.89. The highest BCUT2D eigenvalue weighted by Crippen LogP contribution is 2.31. The SMILES string of the molecule is CN1C(=O)CO[C@H](C(=O)N2CCCCC2)[C@@H]1c1cccc(F)c1. The summed E-state index contributed by atoms with van der Waals surface area (Å²) in [4.78, 5) is 28.1. The molecule has 2 aliphatic heterocycles. The highest BCUT2D eigenvalue weighted by atomic mass is 19.1. The monoisotopic (exact) mass is 320 g/mol. The molecule has 5 nitrogen and oxygen atoms in total. The highest BCUT2D eigenvalue weighted by Gasteiger charge is 2.42. The third-order valence-corrected chi connectivity index (χ3v) is 4.59. The molecule has 2 amide bonds. The van der Waals surface area contributed by atoms with E-state index in [0.29, 0.717) is 18.7 Å². The molecule has 1 aromatic rings. The Morgan fingerprint density at radius 3 is 2.70 bits per heavy atom. The number of amides is 2. The highest BCUT2D eigenvalue weighted by molar-refractivity contribution is 5.86. The minimum absolute atomic E-state index is 0.113. The van der Waals surface area contributed by atoms with Crippen molar-refractivity contribution in [3.8, 4) is 0 Å². The van der Waals surface area contributed by atoms with Gasteiger partial charge < -0.3 is 14.5 Å². The molecule has 0 bridgehead atoms. The van der Waals surface area contributed by atoms with E-state index >= 15 is 0 Å². The molecule has 1 aromatic carbocycles. The molecule has 0 aromatic heterocycles. The predicted molar refractivity (Wildman–Crippen MR) is 82.1 cm³/mol. The number of piperidine rings is 1. The minimum atomic E-state index is -0.780. The van der Waals surface area contributed by atoms with Crippen LogP contribution >= 0.6 is 0 Å². The van der Waals surface area contributed by atoms with Gasteiger partial charge in [-0.1, -0.05) is 12.1 Å². The van der Waals surface area contributed by atoms with E-state index in [-0.39, 0.29) is 18.4 Å². The molecular weight excluding hydrogens is 299 g/mol. The molecule has 124 valence electrons. The number of hydrogen-bond acceptors (Lipinski definition) is 3. The zero-order chi connectivity index (χ0) is 16.4. The van der Waals surface area contributed by atoms with E-state index in [1.165, 1.54) is 17.0 Å². The van der Waals surface area contributed by atoms with Crippen LogP contribution in [0.3, 0.4) is 0 Å². The maximum Gasteiger partial charge on any atom is 0.254 e. The van der Waals surface area contributed by atoms with E-state index in [0.717, 1.165) is 19.3 Å². The number of nitrogens with zero attached hydrogens (tertiary/aromatic N) is 2. The Bertz CT molecular complexity index is 601. The first-order valence-corrected chi connectivity index (χ1v) is 7.99. The number of ether oxygens (including phenoxy) is 1. The summed E-state index contributed by atoms with van der Waals surface area (Å²) in [7, 11) is 1.64. The lowest BCUT2D eigenvalue weighted by molar-refractivity contribution is -0.168. The predicted octanol–water partition coefficient (Wildman–Crippen LogP) is 1.74. The number of halogens is 1. The van der Waals surface area contributed by atoms with E-state index in [1.54, 1.807) is 24.1 Å². The molecule has 0 spiro atoms. The van der Waals surface area contributed by atoms with Crippen molar-refractivity contribution in [3.05, 3.63) is 35.6 Å². The normalized spacial score (nSPS) is 25.6. The van der Waals surface area contributed by atoms with Crippen LogP contribution in [0.25, 0.3) is 0 Å². The summed E-state index contributed by atoms with van der Waals surface area (Å²) in [5, 5.41) is 0. The Labute approximate surface area is 135 Å². The molecule has 6 heteroatoms. The first-order chi connectivity index (χ1) is 11.1. The number of morpholine rings is 1. The van der Waals surface area contributed by atoms with E-state index in [4.69, 9.17) is 4.74 Å². The Morgan fingerprint density at radius 1 is 1.26 bits per heavy atom. The second-order valence-electron chi connectivity index (χ2n) is 6.12. The van der Waals surface area contributed by atoms with Gasteiger partial charge in [0.1, 0.15) is 12.4 Å². The molecule has 0 saturated carbocycles. The topological polar surface area (TPSA) is 49.9 Å². The smallest absolute Gasteiger partial charge is 0.254 e. The molecule has 2 atom stereocenters. The molecule has 3 rings (SSSR count). The van der Waals surface area contributed by atoms with Crippen molar-refractivity contribution in [2.75, 3.05) is 26.7 Å². The Morgan fingerprint density at radius 2 is 2.00 bits per heavy atom. The average Bonchev–Trinajstić information content (AvgIpc) is 2.57. The van der Waals surface area contributed by atoms with E-state index < -0.39 is 18.0 Å². The Kier molecular flexibility index (Phi) is 4.61. The van der Waals surface area contributed by atoms with E-state index in [1.807, 2.05) is 0 Å². The second-order valence-corrected chi connectivity index (χ2v) is 6.12. The molecular formula is C17H21FN2O3. The van der Waals surface area contributed by atoms with E-state index in [2.05, 4.69) is 0 Å².